The molecule has 11 heteroatoms. The highest BCUT2D eigenvalue weighted by molar-refractivity contribution is 5.93. The number of hydrogen-bond donors (Lipinski definition) is 5. The number of hydrogen-bond acceptors (Lipinski definition) is 6. The number of phenolic OH excluding ortho intramolecular Hbond substituents is 1. The predicted molar refractivity (Wildman–Crippen MR) is 162 cm³/mol. The predicted octanol–water partition coefficient (Wildman–Crippen LogP) is 2.06. The summed E-state index contributed by atoms with van der Waals surface area (Å²) in [5.41, 5.74) is 7.98. The second-order valence-corrected chi connectivity index (χ2v) is 12.2. The van der Waals surface area contributed by atoms with Crippen molar-refractivity contribution >= 4 is 23.6 Å². The summed E-state index contributed by atoms with van der Waals surface area (Å²) in [6, 6.07) is 7.89. The van der Waals surface area contributed by atoms with E-state index in [-0.39, 0.29) is 49.3 Å². The van der Waals surface area contributed by atoms with Crippen LogP contribution in [0, 0.1) is 5.82 Å². The molecule has 2 aromatic rings. The Labute approximate surface area is 252 Å². The Kier molecular flexibility index (Phi) is 11.7. The lowest BCUT2D eigenvalue weighted by atomic mass is 9.84. The van der Waals surface area contributed by atoms with E-state index in [4.69, 9.17) is 5.73 Å². The topological polar surface area (TPSA) is 154 Å². The summed E-state index contributed by atoms with van der Waals surface area (Å²) in [5.74, 6) is -1.88. The van der Waals surface area contributed by atoms with E-state index < -0.39 is 41.7 Å². The molecule has 1 unspecified atom stereocenters. The third kappa shape index (κ3) is 9.77. The van der Waals surface area contributed by atoms with E-state index in [9.17, 15) is 28.7 Å². The van der Waals surface area contributed by atoms with Crippen LogP contribution in [0.1, 0.15) is 63.1 Å². The van der Waals surface area contributed by atoms with Gasteiger partial charge in [0.25, 0.3) is 0 Å². The van der Waals surface area contributed by atoms with Gasteiger partial charge in [0.2, 0.25) is 23.6 Å². The fourth-order valence-electron chi connectivity index (χ4n) is 5.10. The first-order valence-corrected chi connectivity index (χ1v) is 14.7. The second kappa shape index (κ2) is 15.0. The molecule has 3 atom stereocenters. The molecule has 4 amide bonds. The Morgan fingerprint density at radius 2 is 1.70 bits per heavy atom. The van der Waals surface area contributed by atoms with Gasteiger partial charge in [-0.1, -0.05) is 45.0 Å². The molecule has 234 valence electrons. The van der Waals surface area contributed by atoms with Crippen LogP contribution >= 0.6 is 0 Å². The molecule has 0 bridgehead atoms. The van der Waals surface area contributed by atoms with Crippen LogP contribution in [0.5, 0.6) is 5.75 Å². The summed E-state index contributed by atoms with van der Waals surface area (Å²) in [5, 5.41) is 18.8. The highest BCUT2D eigenvalue weighted by atomic mass is 19.1. The van der Waals surface area contributed by atoms with Crippen LogP contribution in [-0.4, -0.2) is 71.9 Å². The molecule has 0 aliphatic carbocycles. The molecule has 0 saturated carbocycles. The van der Waals surface area contributed by atoms with Gasteiger partial charge in [-0.25, -0.2) is 4.39 Å². The number of nitrogens with two attached hydrogens (primary N) is 1. The number of nitrogens with one attached hydrogen (secondary N) is 3. The van der Waals surface area contributed by atoms with Crippen molar-refractivity contribution in [1.29, 1.82) is 0 Å². The van der Waals surface area contributed by atoms with E-state index in [1.54, 1.807) is 24.3 Å². The molecule has 1 heterocycles. The third-order valence-corrected chi connectivity index (χ3v) is 7.62. The van der Waals surface area contributed by atoms with Gasteiger partial charge in [0, 0.05) is 33.0 Å². The van der Waals surface area contributed by atoms with Crippen molar-refractivity contribution in [2.75, 3.05) is 20.1 Å². The summed E-state index contributed by atoms with van der Waals surface area (Å²) < 4.78 is 13.3. The van der Waals surface area contributed by atoms with E-state index in [1.807, 2.05) is 26.8 Å². The van der Waals surface area contributed by atoms with Crippen LogP contribution in [0.15, 0.2) is 42.5 Å². The Hall–Kier alpha value is -3.99. The van der Waals surface area contributed by atoms with E-state index in [0.717, 1.165) is 5.56 Å². The van der Waals surface area contributed by atoms with Gasteiger partial charge in [0.05, 0.1) is 6.04 Å². The molecule has 10 nitrogen and oxygen atoms in total. The smallest absolute Gasteiger partial charge is 0.243 e. The van der Waals surface area contributed by atoms with Crippen LogP contribution in [0.25, 0.3) is 0 Å². The molecular formula is C32H44FN5O5. The third-order valence-electron chi connectivity index (χ3n) is 7.62. The maximum atomic E-state index is 13.7. The van der Waals surface area contributed by atoms with Gasteiger partial charge in [-0.3, -0.25) is 19.2 Å². The monoisotopic (exact) mass is 597 g/mol. The summed E-state index contributed by atoms with van der Waals surface area (Å²) in [4.78, 5) is 53.9. The molecule has 1 saturated heterocycles. The van der Waals surface area contributed by atoms with Gasteiger partial charge >= 0.3 is 0 Å². The fraction of sp³-hybridized carbons (Fsp3) is 0.500. The van der Waals surface area contributed by atoms with Crippen molar-refractivity contribution in [1.82, 2.24) is 20.9 Å². The summed E-state index contributed by atoms with van der Waals surface area (Å²) in [6.07, 6.45) is 1.80. The molecule has 6 N–H and O–H groups in total. The van der Waals surface area contributed by atoms with Crippen LogP contribution in [0.2, 0.25) is 0 Å². The normalized spacial score (nSPS) is 19.8. The number of carbonyl (C=O) groups is 4. The Bertz CT molecular complexity index is 1290. The number of likely N-dealkylation sites (N-methyl/N-ethyl adjacent to an activating group) is 1. The zero-order valence-electron chi connectivity index (χ0n) is 25.4. The first-order chi connectivity index (χ1) is 20.3. The Balaban J connectivity index is 1.85. The molecule has 0 spiro atoms. The van der Waals surface area contributed by atoms with Crippen LogP contribution in [0.3, 0.4) is 0 Å². The maximum Gasteiger partial charge on any atom is 0.243 e. The van der Waals surface area contributed by atoms with E-state index in [1.165, 1.54) is 24.1 Å². The highest BCUT2D eigenvalue weighted by Gasteiger charge is 2.33. The van der Waals surface area contributed by atoms with Crippen LogP contribution in [-0.2, 0) is 37.4 Å². The first-order valence-electron chi connectivity index (χ1n) is 14.7. The summed E-state index contributed by atoms with van der Waals surface area (Å²) in [7, 11) is 1.51. The SMILES string of the molecule is CN(C(=O)[C@@H](N)Cc1ccc(F)cc1)[C@H]1CCCCNC(=O)CCNC(=O)C(Cc2ccc(O)c(C(C)(C)C)c2)NC1=O. The molecule has 0 radical (unpaired) electrons. The largest absolute Gasteiger partial charge is 0.508 e. The van der Waals surface area contributed by atoms with Gasteiger partial charge in [0.15, 0.2) is 0 Å². The molecule has 2 aromatic carbocycles. The van der Waals surface area contributed by atoms with Gasteiger partial charge in [-0.05, 0) is 66.0 Å². The Morgan fingerprint density at radius 1 is 1.02 bits per heavy atom. The van der Waals surface area contributed by atoms with Crippen molar-refractivity contribution in [3.8, 4) is 5.75 Å². The number of amides is 4. The number of halogens is 1. The minimum atomic E-state index is -1.00. The molecule has 3 rings (SSSR count). The molecule has 1 fully saturated rings. The average Bonchev–Trinajstić information content (AvgIpc) is 2.94. The van der Waals surface area contributed by atoms with Gasteiger partial charge in [0.1, 0.15) is 23.7 Å². The summed E-state index contributed by atoms with van der Waals surface area (Å²) in [6.45, 7) is 6.39. The van der Waals surface area contributed by atoms with Crippen molar-refractivity contribution in [2.45, 2.75) is 82.8 Å². The number of benzene rings is 2. The number of carbonyl (C=O) groups excluding carboxylic acids is 4. The molecule has 43 heavy (non-hydrogen) atoms. The lowest BCUT2D eigenvalue weighted by molar-refractivity contribution is -0.141. The van der Waals surface area contributed by atoms with Crippen LogP contribution in [0.4, 0.5) is 4.39 Å². The molecule has 0 aromatic heterocycles. The van der Waals surface area contributed by atoms with Crippen LogP contribution < -0.4 is 21.7 Å². The Morgan fingerprint density at radius 3 is 2.37 bits per heavy atom. The van der Waals surface area contributed by atoms with E-state index >= 15 is 0 Å². The van der Waals surface area contributed by atoms with E-state index in [2.05, 4.69) is 16.0 Å². The minimum absolute atomic E-state index is 0.0971. The number of aromatic hydroxyl groups is 1. The average molecular weight is 598 g/mol. The van der Waals surface area contributed by atoms with Crippen molar-refractivity contribution in [3.05, 3.63) is 65.0 Å². The standard InChI is InChI=1S/C32H44FN5O5/c1-32(2,3)23-17-21(10-13-27(23)39)19-25-29(41)36-16-14-28(40)35-15-6-5-7-26(30(42)37-25)38(4)31(43)24(34)18-20-8-11-22(33)12-9-20/h8-13,17,24-26,39H,5-7,14-16,18-19,34H2,1-4H3,(H,35,40)(H,36,41)(H,37,42)/t24-,25?,26-/m0/s1. The number of nitrogens with zero attached hydrogens (tertiary/aromatic N) is 1. The lowest BCUT2D eigenvalue weighted by Crippen LogP contribution is -2.57. The molecular weight excluding hydrogens is 553 g/mol. The number of rotatable bonds is 6. The van der Waals surface area contributed by atoms with Crippen molar-refractivity contribution in [3.63, 3.8) is 0 Å². The van der Waals surface area contributed by atoms with Crippen molar-refractivity contribution in [2.24, 2.45) is 5.73 Å². The zero-order chi connectivity index (χ0) is 31.7. The van der Waals surface area contributed by atoms with Gasteiger partial charge in [-0.2, -0.15) is 0 Å². The van der Waals surface area contributed by atoms with E-state index in [0.29, 0.717) is 30.5 Å². The first kappa shape index (κ1) is 33.5. The minimum Gasteiger partial charge on any atom is -0.508 e. The fourth-order valence-corrected chi connectivity index (χ4v) is 5.10. The zero-order valence-corrected chi connectivity index (χ0v) is 25.4. The van der Waals surface area contributed by atoms with Gasteiger partial charge in [-0.15, -0.1) is 0 Å². The highest BCUT2D eigenvalue weighted by Crippen LogP contribution is 2.31. The molecule has 1 aliphatic rings. The lowest BCUT2D eigenvalue weighted by Gasteiger charge is -2.31. The number of phenols is 1. The van der Waals surface area contributed by atoms with Crippen molar-refractivity contribution < 1.29 is 28.7 Å². The maximum absolute atomic E-state index is 13.7. The quantitative estimate of drug-likeness (QED) is 0.344. The molecule has 1 aliphatic heterocycles. The summed E-state index contributed by atoms with van der Waals surface area (Å²) >= 11 is 0. The van der Waals surface area contributed by atoms with Gasteiger partial charge < -0.3 is 31.7 Å². The second-order valence-electron chi connectivity index (χ2n) is 12.2.